The van der Waals surface area contributed by atoms with Gasteiger partial charge in [-0.2, -0.15) is 0 Å². The molecule has 3 heteroatoms. The predicted octanol–water partition coefficient (Wildman–Crippen LogP) is 4.35. The lowest BCUT2D eigenvalue weighted by atomic mass is 10.1. The van der Waals surface area contributed by atoms with Crippen LogP contribution in [0.1, 0.15) is 31.4 Å². The van der Waals surface area contributed by atoms with Crippen molar-refractivity contribution in [3.63, 3.8) is 0 Å². The molecule has 0 bridgehead atoms. The number of benzene rings is 2. The van der Waals surface area contributed by atoms with Gasteiger partial charge in [0, 0.05) is 5.69 Å². The van der Waals surface area contributed by atoms with Crippen molar-refractivity contribution in [2.45, 2.75) is 39.7 Å². The monoisotopic (exact) mass is 297 g/mol. The molecule has 2 rings (SSSR count). The van der Waals surface area contributed by atoms with Crippen LogP contribution in [0.5, 0.6) is 5.75 Å². The summed E-state index contributed by atoms with van der Waals surface area (Å²) in [7, 11) is 0. The van der Waals surface area contributed by atoms with E-state index in [1.54, 1.807) is 0 Å². The number of carbonyl (C=O) groups is 1. The lowest BCUT2D eigenvalue weighted by Crippen LogP contribution is -2.32. The van der Waals surface area contributed by atoms with Gasteiger partial charge in [-0.15, -0.1) is 0 Å². The molecule has 0 unspecified atom stereocenters. The largest absolute Gasteiger partial charge is 0.480 e. The topological polar surface area (TPSA) is 38.3 Å². The van der Waals surface area contributed by atoms with Crippen LogP contribution in [0.15, 0.2) is 48.5 Å². The van der Waals surface area contributed by atoms with Crippen LogP contribution < -0.4 is 10.1 Å². The lowest BCUT2D eigenvalue weighted by Gasteiger charge is -2.18. The molecule has 0 spiro atoms. The van der Waals surface area contributed by atoms with Crippen molar-refractivity contribution in [3.8, 4) is 5.75 Å². The Morgan fingerprint density at radius 3 is 2.36 bits per heavy atom. The summed E-state index contributed by atoms with van der Waals surface area (Å²) >= 11 is 0. The first-order chi connectivity index (χ1) is 10.6. The van der Waals surface area contributed by atoms with Gasteiger partial charge in [0.25, 0.3) is 5.91 Å². The maximum atomic E-state index is 12.4. The molecule has 0 aliphatic heterocycles. The third-order valence-corrected chi connectivity index (χ3v) is 3.66. The number of rotatable bonds is 6. The summed E-state index contributed by atoms with van der Waals surface area (Å²) in [5.74, 6) is 0.640. The summed E-state index contributed by atoms with van der Waals surface area (Å²) in [4.78, 5) is 12.4. The number of hydrogen-bond donors (Lipinski definition) is 1. The van der Waals surface area contributed by atoms with Crippen LogP contribution >= 0.6 is 0 Å². The van der Waals surface area contributed by atoms with E-state index in [0.717, 1.165) is 23.4 Å². The second kappa shape index (κ2) is 7.64. The summed E-state index contributed by atoms with van der Waals surface area (Å²) in [6, 6.07) is 15.6. The molecule has 0 aromatic heterocycles. The van der Waals surface area contributed by atoms with Gasteiger partial charge in [0.1, 0.15) is 5.75 Å². The van der Waals surface area contributed by atoms with Crippen molar-refractivity contribution in [2.75, 3.05) is 5.32 Å². The van der Waals surface area contributed by atoms with Crippen LogP contribution in [0.3, 0.4) is 0 Å². The number of para-hydroxylation sites is 1. The van der Waals surface area contributed by atoms with Gasteiger partial charge in [-0.1, -0.05) is 44.2 Å². The van der Waals surface area contributed by atoms with Gasteiger partial charge in [-0.3, -0.25) is 4.79 Å². The molecule has 0 heterocycles. The average Bonchev–Trinajstić information content (AvgIpc) is 2.54. The van der Waals surface area contributed by atoms with E-state index >= 15 is 0 Å². The molecule has 0 aliphatic carbocycles. The molecular formula is C19H23NO2. The Hall–Kier alpha value is -2.29. The van der Waals surface area contributed by atoms with Crippen LogP contribution in [0, 0.1) is 6.92 Å². The molecule has 1 N–H and O–H groups in total. The minimum absolute atomic E-state index is 0.116. The second-order valence-electron chi connectivity index (χ2n) is 5.32. The van der Waals surface area contributed by atoms with E-state index in [1.807, 2.05) is 62.4 Å². The molecule has 0 saturated carbocycles. The quantitative estimate of drug-likeness (QED) is 0.860. The zero-order valence-corrected chi connectivity index (χ0v) is 13.4. The fourth-order valence-electron chi connectivity index (χ4n) is 2.21. The van der Waals surface area contributed by atoms with Gasteiger partial charge in [0.05, 0.1) is 0 Å². The Bertz CT molecular complexity index is 620. The summed E-state index contributed by atoms with van der Waals surface area (Å²) < 4.78 is 5.86. The van der Waals surface area contributed by atoms with Crippen LogP contribution in [-0.2, 0) is 11.2 Å². The number of ether oxygens (including phenoxy) is 1. The van der Waals surface area contributed by atoms with E-state index < -0.39 is 6.10 Å². The molecule has 0 radical (unpaired) electrons. The fourth-order valence-corrected chi connectivity index (χ4v) is 2.21. The van der Waals surface area contributed by atoms with Crippen molar-refractivity contribution >= 4 is 11.6 Å². The van der Waals surface area contributed by atoms with Crippen molar-refractivity contribution < 1.29 is 9.53 Å². The smallest absolute Gasteiger partial charge is 0.265 e. The number of carbonyl (C=O) groups excluding carboxylic acids is 1. The van der Waals surface area contributed by atoms with Crippen LogP contribution in [0.25, 0.3) is 0 Å². The van der Waals surface area contributed by atoms with Gasteiger partial charge in [-0.05, 0) is 49.1 Å². The first-order valence-corrected chi connectivity index (χ1v) is 7.76. The molecule has 2 aromatic carbocycles. The number of hydrogen-bond acceptors (Lipinski definition) is 2. The SMILES string of the molecule is CCc1ccc(NC(=O)[C@H](CC)Oc2ccccc2C)cc1. The first kappa shape index (κ1) is 16.1. The van der Waals surface area contributed by atoms with E-state index in [2.05, 4.69) is 12.2 Å². The van der Waals surface area contributed by atoms with Crippen LogP contribution in [-0.4, -0.2) is 12.0 Å². The fraction of sp³-hybridized carbons (Fsp3) is 0.316. The van der Waals surface area contributed by atoms with E-state index in [0.29, 0.717) is 6.42 Å². The minimum Gasteiger partial charge on any atom is -0.480 e. The summed E-state index contributed by atoms with van der Waals surface area (Å²) in [6.07, 6.45) is 1.11. The number of anilines is 1. The molecule has 0 fully saturated rings. The van der Waals surface area contributed by atoms with Gasteiger partial charge in [0.15, 0.2) is 6.10 Å². The highest BCUT2D eigenvalue weighted by Crippen LogP contribution is 2.19. The minimum atomic E-state index is -0.494. The molecule has 1 amide bonds. The molecule has 0 saturated heterocycles. The third-order valence-electron chi connectivity index (χ3n) is 3.66. The highest BCUT2D eigenvalue weighted by molar-refractivity contribution is 5.94. The van der Waals surface area contributed by atoms with Crippen LogP contribution in [0.4, 0.5) is 5.69 Å². The zero-order chi connectivity index (χ0) is 15.9. The van der Waals surface area contributed by atoms with Gasteiger partial charge in [-0.25, -0.2) is 0 Å². The normalized spacial score (nSPS) is 11.8. The second-order valence-corrected chi connectivity index (χ2v) is 5.32. The first-order valence-electron chi connectivity index (χ1n) is 7.76. The standard InChI is InChI=1S/C19H23NO2/c1-4-15-10-12-16(13-11-15)20-19(21)17(5-2)22-18-9-7-6-8-14(18)3/h6-13,17H,4-5H2,1-3H3,(H,20,21)/t17-/m0/s1. The van der Waals surface area contributed by atoms with Crippen molar-refractivity contribution in [1.29, 1.82) is 0 Å². The summed E-state index contributed by atoms with van der Waals surface area (Å²) in [6.45, 7) is 6.03. The van der Waals surface area contributed by atoms with Crippen molar-refractivity contribution in [3.05, 3.63) is 59.7 Å². The van der Waals surface area contributed by atoms with Crippen LogP contribution in [0.2, 0.25) is 0 Å². The Morgan fingerprint density at radius 1 is 1.09 bits per heavy atom. The Kier molecular flexibility index (Phi) is 5.59. The summed E-state index contributed by atoms with van der Waals surface area (Å²) in [5, 5.41) is 2.92. The molecule has 0 aliphatic rings. The molecule has 2 aromatic rings. The van der Waals surface area contributed by atoms with E-state index in [4.69, 9.17) is 4.74 Å². The highest BCUT2D eigenvalue weighted by Gasteiger charge is 2.19. The van der Waals surface area contributed by atoms with Crippen molar-refractivity contribution in [1.82, 2.24) is 0 Å². The number of aryl methyl sites for hydroxylation is 2. The summed E-state index contributed by atoms with van der Waals surface area (Å²) in [5.41, 5.74) is 3.08. The zero-order valence-electron chi connectivity index (χ0n) is 13.4. The van der Waals surface area contributed by atoms with Gasteiger partial charge >= 0.3 is 0 Å². The molecule has 22 heavy (non-hydrogen) atoms. The van der Waals surface area contributed by atoms with Gasteiger partial charge < -0.3 is 10.1 Å². The molecule has 3 nitrogen and oxygen atoms in total. The van der Waals surface area contributed by atoms with E-state index in [1.165, 1.54) is 5.56 Å². The highest BCUT2D eigenvalue weighted by atomic mass is 16.5. The average molecular weight is 297 g/mol. The predicted molar refractivity (Wildman–Crippen MR) is 90.3 cm³/mol. The third kappa shape index (κ3) is 4.10. The molecule has 1 atom stereocenters. The maximum Gasteiger partial charge on any atom is 0.265 e. The van der Waals surface area contributed by atoms with E-state index in [-0.39, 0.29) is 5.91 Å². The maximum absolute atomic E-state index is 12.4. The number of nitrogens with one attached hydrogen (secondary N) is 1. The Labute approximate surface area is 132 Å². The molecular weight excluding hydrogens is 274 g/mol. The lowest BCUT2D eigenvalue weighted by molar-refractivity contribution is -0.122. The Morgan fingerprint density at radius 2 is 1.77 bits per heavy atom. The Balaban J connectivity index is 2.03. The van der Waals surface area contributed by atoms with Gasteiger partial charge in [0.2, 0.25) is 0 Å². The van der Waals surface area contributed by atoms with E-state index in [9.17, 15) is 4.79 Å². The molecule has 116 valence electrons. The number of amides is 1. The van der Waals surface area contributed by atoms with Crippen molar-refractivity contribution in [2.24, 2.45) is 0 Å².